The molecule has 3 aromatic rings. The van der Waals surface area contributed by atoms with Gasteiger partial charge in [0, 0.05) is 11.3 Å². The van der Waals surface area contributed by atoms with Gasteiger partial charge in [0.25, 0.3) is 5.91 Å². The van der Waals surface area contributed by atoms with Crippen molar-refractivity contribution >= 4 is 5.91 Å². The second-order valence-electron chi connectivity index (χ2n) is 6.66. The minimum absolute atomic E-state index is 0.00792. The zero-order valence-electron chi connectivity index (χ0n) is 14.5. The Bertz CT molecular complexity index is 909. The van der Waals surface area contributed by atoms with Crippen molar-refractivity contribution in [2.75, 3.05) is 0 Å². The number of amides is 1. The quantitative estimate of drug-likeness (QED) is 0.790. The van der Waals surface area contributed by atoms with Crippen LogP contribution in [0.2, 0.25) is 0 Å². The first-order valence-corrected chi connectivity index (χ1v) is 8.61. The van der Waals surface area contributed by atoms with Crippen LogP contribution in [0.5, 0.6) is 0 Å². The molecule has 1 aromatic carbocycles. The molecule has 0 fully saturated rings. The lowest BCUT2D eigenvalue weighted by atomic mass is 9.92. The van der Waals surface area contributed by atoms with Gasteiger partial charge < -0.3 is 9.73 Å². The number of hydrogen-bond donors (Lipinski definition) is 1. The van der Waals surface area contributed by atoms with Crippen molar-refractivity contribution < 1.29 is 9.21 Å². The van der Waals surface area contributed by atoms with Crippen molar-refractivity contribution in [3.63, 3.8) is 0 Å². The number of fused-ring (bicyclic) bond motifs is 1. The van der Waals surface area contributed by atoms with Gasteiger partial charge in [-0.15, -0.1) is 0 Å². The molecule has 0 unspecified atom stereocenters. The summed E-state index contributed by atoms with van der Waals surface area (Å²) in [6, 6.07) is 8.06. The fraction of sp³-hybridized carbons (Fsp3) is 0.300. The molecule has 1 N–H and O–H groups in total. The van der Waals surface area contributed by atoms with Crippen LogP contribution in [0.15, 0.2) is 47.4 Å². The number of nitrogens with zero attached hydrogens (tertiary/aromatic N) is 2. The molecule has 1 atom stereocenters. The number of carbonyl (C=O) groups is 1. The van der Waals surface area contributed by atoms with Crippen LogP contribution >= 0.6 is 0 Å². The Labute approximate surface area is 146 Å². The number of nitrogens with one attached hydrogen (secondary N) is 1. The molecular formula is C20H21N3O2. The van der Waals surface area contributed by atoms with E-state index in [0.717, 1.165) is 30.5 Å². The van der Waals surface area contributed by atoms with Crippen LogP contribution in [0, 0.1) is 13.8 Å². The Kier molecular flexibility index (Phi) is 3.92. The van der Waals surface area contributed by atoms with Crippen molar-refractivity contribution in [3.8, 4) is 5.69 Å². The number of rotatable bonds is 3. The third-order valence-corrected chi connectivity index (χ3v) is 5.01. The Balaban J connectivity index is 1.64. The van der Waals surface area contributed by atoms with Crippen LogP contribution in [0.3, 0.4) is 0 Å². The van der Waals surface area contributed by atoms with Crippen LogP contribution in [0.4, 0.5) is 0 Å². The van der Waals surface area contributed by atoms with Crippen molar-refractivity contribution in [3.05, 3.63) is 70.9 Å². The lowest BCUT2D eigenvalue weighted by Gasteiger charge is -2.24. The van der Waals surface area contributed by atoms with E-state index in [1.165, 1.54) is 29.3 Å². The monoisotopic (exact) mass is 335 g/mol. The number of benzene rings is 1. The van der Waals surface area contributed by atoms with Gasteiger partial charge in [-0.05, 0) is 62.4 Å². The molecule has 128 valence electrons. The molecule has 2 aromatic heterocycles. The zero-order valence-corrected chi connectivity index (χ0v) is 14.5. The fourth-order valence-electron chi connectivity index (χ4n) is 3.42. The summed E-state index contributed by atoms with van der Waals surface area (Å²) in [4.78, 5) is 12.3. The highest BCUT2D eigenvalue weighted by molar-refractivity contribution is 5.94. The van der Waals surface area contributed by atoms with Gasteiger partial charge in [-0.3, -0.25) is 4.79 Å². The van der Waals surface area contributed by atoms with E-state index in [1.54, 1.807) is 6.07 Å². The van der Waals surface area contributed by atoms with Gasteiger partial charge in [0.05, 0.1) is 29.8 Å². The largest absolute Gasteiger partial charge is 0.472 e. The topological polar surface area (TPSA) is 60.1 Å². The van der Waals surface area contributed by atoms with E-state index < -0.39 is 0 Å². The highest BCUT2D eigenvalue weighted by Gasteiger charge is 2.26. The molecule has 5 heteroatoms. The molecule has 4 rings (SSSR count). The predicted octanol–water partition coefficient (Wildman–Crippen LogP) is 3.89. The Morgan fingerprint density at radius 2 is 2.16 bits per heavy atom. The van der Waals surface area contributed by atoms with Gasteiger partial charge in [0.2, 0.25) is 0 Å². The van der Waals surface area contributed by atoms with Crippen LogP contribution in [-0.2, 0) is 6.42 Å². The Morgan fingerprint density at radius 3 is 2.92 bits per heavy atom. The number of carbonyl (C=O) groups excluding carboxylic acids is 1. The van der Waals surface area contributed by atoms with Crippen LogP contribution in [-0.4, -0.2) is 15.7 Å². The fourth-order valence-corrected chi connectivity index (χ4v) is 3.42. The van der Waals surface area contributed by atoms with E-state index in [9.17, 15) is 4.79 Å². The molecule has 1 aliphatic rings. The molecule has 0 bridgehead atoms. The molecule has 0 saturated carbocycles. The maximum absolute atomic E-state index is 12.3. The molecule has 0 aliphatic heterocycles. The van der Waals surface area contributed by atoms with E-state index in [-0.39, 0.29) is 11.9 Å². The molecule has 1 aliphatic carbocycles. The van der Waals surface area contributed by atoms with Crippen molar-refractivity contribution in [2.45, 2.75) is 39.2 Å². The molecule has 5 nitrogen and oxygen atoms in total. The lowest BCUT2D eigenvalue weighted by Crippen LogP contribution is -2.30. The number of hydrogen-bond acceptors (Lipinski definition) is 3. The van der Waals surface area contributed by atoms with Gasteiger partial charge in [0.1, 0.15) is 6.26 Å². The van der Waals surface area contributed by atoms with Gasteiger partial charge in [0.15, 0.2) is 0 Å². The summed E-state index contributed by atoms with van der Waals surface area (Å²) in [6.07, 6.45) is 7.80. The first-order chi connectivity index (χ1) is 12.1. The number of furan rings is 1. The van der Waals surface area contributed by atoms with E-state index >= 15 is 0 Å². The van der Waals surface area contributed by atoms with Gasteiger partial charge in [-0.2, -0.15) is 5.10 Å². The van der Waals surface area contributed by atoms with Crippen molar-refractivity contribution in [1.82, 2.24) is 15.1 Å². The lowest BCUT2D eigenvalue weighted by molar-refractivity contribution is 0.0932. The average molecular weight is 335 g/mol. The predicted molar refractivity (Wildman–Crippen MR) is 94.9 cm³/mol. The highest BCUT2D eigenvalue weighted by atomic mass is 16.3. The number of aryl methyl sites for hydroxylation is 2. The summed E-state index contributed by atoms with van der Waals surface area (Å²) in [6.45, 7) is 4.22. The SMILES string of the molecule is Cc1ccc(-n2ncc3c2CCC[C@H]3NC(=O)c2ccoc2)cc1C. The zero-order chi connectivity index (χ0) is 17.4. The minimum Gasteiger partial charge on any atom is -0.472 e. The average Bonchev–Trinajstić information content (AvgIpc) is 3.27. The molecule has 25 heavy (non-hydrogen) atoms. The summed E-state index contributed by atoms with van der Waals surface area (Å²) < 4.78 is 7.01. The van der Waals surface area contributed by atoms with E-state index in [0.29, 0.717) is 5.56 Å². The molecule has 0 radical (unpaired) electrons. The third-order valence-electron chi connectivity index (χ3n) is 5.01. The summed E-state index contributed by atoms with van der Waals surface area (Å²) >= 11 is 0. The van der Waals surface area contributed by atoms with Crippen LogP contribution < -0.4 is 5.32 Å². The number of aromatic nitrogens is 2. The van der Waals surface area contributed by atoms with E-state index in [1.807, 2.05) is 10.9 Å². The first-order valence-electron chi connectivity index (χ1n) is 8.61. The summed E-state index contributed by atoms with van der Waals surface area (Å²) in [5.74, 6) is -0.106. The summed E-state index contributed by atoms with van der Waals surface area (Å²) in [5, 5.41) is 7.72. The maximum Gasteiger partial charge on any atom is 0.255 e. The van der Waals surface area contributed by atoms with E-state index in [2.05, 4.69) is 42.5 Å². The maximum atomic E-state index is 12.3. The van der Waals surface area contributed by atoms with Crippen molar-refractivity contribution in [1.29, 1.82) is 0 Å². The molecular weight excluding hydrogens is 314 g/mol. The third kappa shape index (κ3) is 2.86. The van der Waals surface area contributed by atoms with E-state index in [4.69, 9.17) is 4.42 Å². The molecule has 0 saturated heterocycles. The first kappa shape index (κ1) is 15.7. The summed E-state index contributed by atoms with van der Waals surface area (Å²) in [5.41, 5.74) is 6.45. The smallest absolute Gasteiger partial charge is 0.255 e. The molecule has 2 heterocycles. The Morgan fingerprint density at radius 1 is 1.28 bits per heavy atom. The summed E-state index contributed by atoms with van der Waals surface area (Å²) in [7, 11) is 0. The standard InChI is InChI=1S/C20H21N3O2/c1-13-6-7-16(10-14(13)2)23-19-5-3-4-18(17(19)11-21-23)22-20(24)15-8-9-25-12-15/h6-12,18H,3-5H2,1-2H3,(H,22,24)/t18-/m1/s1. The van der Waals surface area contributed by atoms with Crippen molar-refractivity contribution in [2.24, 2.45) is 0 Å². The van der Waals surface area contributed by atoms with Crippen LogP contribution in [0.1, 0.15) is 51.6 Å². The minimum atomic E-state index is -0.106. The normalized spacial score (nSPS) is 16.5. The second kappa shape index (κ2) is 6.24. The molecule has 0 spiro atoms. The Hall–Kier alpha value is -2.82. The van der Waals surface area contributed by atoms with Crippen LogP contribution in [0.25, 0.3) is 5.69 Å². The second-order valence-corrected chi connectivity index (χ2v) is 6.66. The van der Waals surface area contributed by atoms with Gasteiger partial charge in [-0.25, -0.2) is 4.68 Å². The molecule has 1 amide bonds. The van der Waals surface area contributed by atoms with Gasteiger partial charge in [-0.1, -0.05) is 6.07 Å². The van der Waals surface area contributed by atoms with Gasteiger partial charge >= 0.3 is 0 Å². The highest BCUT2D eigenvalue weighted by Crippen LogP contribution is 2.31.